The highest BCUT2D eigenvalue weighted by atomic mass is 16.5. The Morgan fingerprint density at radius 3 is 2.63 bits per heavy atom. The van der Waals surface area contributed by atoms with Gasteiger partial charge in [0.15, 0.2) is 0 Å². The van der Waals surface area contributed by atoms with Crippen molar-refractivity contribution in [2.45, 2.75) is 20.3 Å². The minimum Gasteiger partial charge on any atom is -0.496 e. The van der Waals surface area contributed by atoms with Crippen molar-refractivity contribution in [2.75, 3.05) is 13.7 Å². The minimum atomic E-state index is 0.624. The van der Waals surface area contributed by atoms with Crippen molar-refractivity contribution in [3.05, 3.63) is 35.2 Å². The number of rotatable bonds is 4. The van der Waals surface area contributed by atoms with E-state index in [0.29, 0.717) is 6.54 Å². The third-order valence-corrected chi connectivity index (χ3v) is 3.51. The summed E-state index contributed by atoms with van der Waals surface area (Å²) in [6.45, 7) is 4.75. The van der Waals surface area contributed by atoms with Crippen LogP contribution in [-0.4, -0.2) is 23.2 Å². The van der Waals surface area contributed by atoms with Gasteiger partial charge in [0.1, 0.15) is 11.6 Å². The molecule has 0 aliphatic carbocycles. The molecule has 0 aliphatic rings. The second-order valence-corrected chi connectivity index (χ2v) is 4.75. The first-order chi connectivity index (χ1) is 9.08. The van der Waals surface area contributed by atoms with E-state index < -0.39 is 0 Å². The van der Waals surface area contributed by atoms with Gasteiger partial charge >= 0.3 is 0 Å². The van der Waals surface area contributed by atoms with Crippen molar-refractivity contribution in [1.29, 1.82) is 0 Å². The fourth-order valence-electron chi connectivity index (χ4n) is 2.29. The van der Waals surface area contributed by atoms with Gasteiger partial charge in [-0.05, 0) is 44.2 Å². The third kappa shape index (κ3) is 2.49. The first-order valence-electron chi connectivity index (χ1n) is 6.45. The average molecular weight is 259 g/mol. The molecule has 0 atom stereocenters. The van der Waals surface area contributed by atoms with Crippen molar-refractivity contribution < 1.29 is 4.74 Å². The summed E-state index contributed by atoms with van der Waals surface area (Å²) in [6.07, 6.45) is 0.814. The summed E-state index contributed by atoms with van der Waals surface area (Å²) in [5.74, 6) is 1.88. The van der Waals surface area contributed by atoms with E-state index in [0.717, 1.165) is 34.8 Å². The molecule has 2 rings (SSSR count). The Balaban J connectivity index is 2.47. The normalized spacial score (nSPS) is 10.8. The first-order valence-corrected chi connectivity index (χ1v) is 6.45. The van der Waals surface area contributed by atoms with Gasteiger partial charge in [0.25, 0.3) is 0 Å². The van der Waals surface area contributed by atoms with E-state index in [1.165, 1.54) is 5.69 Å². The number of nitrogens with zero attached hydrogens (tertiary/aromatic N) is 2. The maximum atomic E-state index is 5.62. The number of imidazole rings is 1. The van der Waals surface area contributed by atoms with Crippen LogP contribution in [0.4, 0.5) is 0 Å². The molecule has 2 aromatic rings. The lowest BCUT2D eigenvalue weighted by atomic mass is 10.1. The molecule has 0 spiro atoms. The zero-order valence-corrected chi connectivity index (χ0v) is 12.0. The van der Waals surface area contributed by atoms with Gasteiger partial charge in [-0.1, -0.05) is 0 Å². The molecule has 4 heteroatoms. The Bertz CT molecular complexity index is 587. The highest BCUT2D eigenvalue weighted by Crippen LogP contribution is 2.26. The van der Waals surface area contributed by atoms with E-state index in [-0.39, 0.29) is 0 Å². The van der Waals surface area contributed by atoms with Crippen LogP contribution in [0.3, 0.4) is 0 Å². The molecular weight excluding hydrogens is 238 g/mol. The second-order valence-electron chi connectivity index (χ2n) is 4.75. The van der Waals surface area contributed by atoms with Crippen LogP contribution in [0, 0.1) is 13.8 Å². The predicted molar refractivity (Wildman–Crippen MR) is 77.4 cm³/mol. The van der Waals surface area contributed by atoms with Crippen LogP contribution in [0.1, 0.15) is 17.0 Å². The topological polar surface area (TPSA) is 53.1 Å². The van der Waals surface area contributed by atoms with Gasteiger partial charge in [-0.25, -0.2) is 4.98 Å². The number of hydrogen-bond acceptors (Lipinski definition) is 3. The van der Waals surface area contributed by atoms with E-state index in [2.05, 4.69) is 17.6 Å². The maximum absolute atomic E-state index is 5.62. The van der Waals surface area contributed by atoms with Crippen LogP contribution in [0.15, 0.2) is 18.2 Å². The molecule has 0 amide bonds. The van der Waals surface area contributed by atoms with E-state index in [9.17, 15) is 0 Å². The van der Waals surface area contributed by atoms with Gasteiger partial charge in [-0.15, -0.1) is 0 Å². The average Bonchev–Trinajstić information content (AvgIpc) is 2.67. The maximum Gasteiger partial charge on any atom is 0.140 e. The Kier molecular flexibility index (Phi) is 3.90. The molecule has 1 aromatic heterocycles. The SMILES string of the molecule is COc1ccc(-c2nc(CCN)c(C)n2C)cc1C. The Morgan fingerprint density at radius 2 is 2.05 bits per heavy atom. The van der Waals surface area contributed by atoms with E-state index in [4.69, 9.17) is 15.5 Å². The van der Waals surface area contributed by atoms with Crippen LogP contribution in [0.25, 0.3) is 11.4 Å². The molecule has 2 N–H and O–H groups in total. The lowest BCUT2D eigenvalue weighted by Gasteiger charge is -2.07. The molecule has 0 aliphatic heterocycles. The monoisotopic (exact) mass is 259 g/mol. The largest absolute Gasteiger partial charge is 0.496 e. The van der Waals surface area contributed by atoms with Gasteiger partial charge in [0.05, 0.1) is 12.8 Å². The minimum absolute atomic E-state index is 0.624. The van der Waals surface area contributed by atoms with Gasteiger partial charge < -0.3 is 15.0 Å². The van der Waals surface area contributed by atoms with Gasteiger partial charge in [0, 0.05) is 24.7 Å². The van der Waals surface area contributed by atoms with Crippen LogP contribution in [0.2, 0.25) is 0 Å². The summed E-state index contributed by atoms with van der Waals surface area (Å²) in [7, 11) is 3.73. The smallest absolute Gasteiger partial charge is 0.140 e. The van der Waals surface area contributed by atoms with E-state index >= 15 is 0 Å². The number of methoxy groups -OCH3 is 1. The summed E-state index contributed by atoms with van der Waals surface area (Å²) >= 11 is 0. The number of aryl methyl sites for hydroxylation is 1. The fraction of sp³-hybridized carbons (Fsp3) is 0.400. The number of benzene rings is 1. The summed E-state index contributed by atoms with van der Waals surface area (Å²) < 4.78 is 7.41. The molecule has 0 saturated heterocycles. The highest BCUT2D eigenvalue weighted by molar-refractivity contribution is 5.60. The van der Waals surface area contributed by atoms with Gasteiger partial charge in [-0.2, -0.15) is 0 Å². The summed E-state index contributed by atoms with van der Waals surface area (Å²) in [4.78, 5) is 4.71. The molecule has 0 unspecified atom stereocenters. The second kappa shape index (κ2) is 5.45. The molecule has 102 valence electrons. The molecule has 0 saturated carbocycles. The van der Waals surface area contributed by atoms with Crippen molar-refractivity contribution in [1.82, 2.24) is 9.55 Å². The zero-order valence-electron chi connectivity index (χ0n) is 12.0. The van der Waals surface area contributed by atoms with Gasteiger partial charge in [-0.3, -0.25) is 0 Å². The Morgan fingerprint density at radius 1 is 1.32 bits per heavy atom. The fourth-order valence-corrected chi connectivity index (χ4v) is 2.29. The predicted octanol–water partition coefficient (Wildman–Crippen LogP) is 2.21. The summed E-state index contributed by atoms with van der Waals surface area (Å²) in [5.41, 5.74) is 10.1. The van der Waals surface area contributed by atoms with Crippen molar-refractivity contribution in [2.24, 2.45) is 12.8 Å². The number of ether oxygens (including phenoxy) is 1. The lowest BCUT2D eigenvalue weighted by molar-refractivity contribution is 0.412. The van der Waals surface area contributed by atoms with Crippen molar-refractivity contribution in [3.8, 4) is 17.1 Å². The molecule has 0 radical (unpaired) electrons. The Hall–Kier alpha value is -1.81. The third-order valence-electron chi connectivity index (χ3n) is 3.51. The summed E-state index contributed by atoms with van der Waals surface area (Å²) in [5, 5.41) is 0. The Labute approximate surface area is 114 Å². The van der Waals surface area contributed by atoms with Gasteiger partial charge in [0.2, 0.25) is 0 Å². The number of nitrogens with two attached hydrogens (primary N) is 1. The number of hydrogen-bond donors (Lipinski definition) is 1. The molecule has 19 heavy (non-hydrogen) atoms. The molecule has 0 fully saturated rings. The van der Waals surface area contributed by atoms with Crippen LogP contribution in [0.5, 0.6) is 5.75 Å². The zero-order chi connectivity index (χ0) is 14.0. The molecule has 1 aromatic carbocycles. The first kappa shape index (κ1) is 13.6. The molecule has 0 bridgehead atoms. The molecular formula is C15H21N3O. The van der Waals surface area contributed by atoms with E-state index in [1.54, 1.807) is 7.11 Å². The van der Waals surface area contributed by atoms with Crippen LogP contribution < -0.4 is 10.5 Å². The quantitative estimate of drug-likeness (QED) is 0.916. The molecule has 4 nitrogen and oxygen atoms in total. The van der Waals surface area contributed by atoms with Crippen LogP contribution in [-0.2, 0) is 13.5 Å². The summed E-state index contributed by atoms with van der Waals surface area (Å²) in [6, 6.07) is 6.13. The standard InChI is InChI=1S/C15H21N3O/c1-10-9-12(5-6-14(10)19-4)15-17-13(7-8-16)11(2)18(15)3/h5-6,9H,7-8,16H2,1-4H3. The highest BCUT2D eigenvalue weighted by Gasteiger charge is 2.13. The van der Waals surface area contributed by atoms with Crippen molar-refractivity contribution >= 4 is 0 Å². The number of aromatic nitrogens is 2. The van der Waals surface area contributed by atoms with Crippen molar-refractivity contribution in [3.63, 3.8) is 0 Å². The van der Waals surface area contributed by atoms with Crippen LogP contribution >= 0.6 is 0 Å². The van der Waals surface area contributed by atoms with E-state index in [1.807, 2.05) is 26.1 Å². The lowest BCUT2D eigenvalue weighted by Crippen LogP contribution is -2.04. The molecule has 1 heterocycles.